The van der Waals surface area contributed by atoms with Crippen LogP contribution in [0.1, 0.15) is 84.8 Å². The summed E-state index contributed by atoms with van der Waals surface area (Å²) in [4.78, 5) is 9.62. The molecule has 0 aliphatic carbocycles. The van der Waals surface area contributed by atoms with Gasteiger partial charge in [-0.25, -0.2) is 13.1 Å². The minimum atomic E-state index is -4.84. The Balaban J connectivity index is 0.000000358. The predicted octanol–water partition coefficient (Wildman–Crippen LogP) is 7.99. The number of rotatable bonds is 17. The van der Waals surface area contributed by atoms with Crippen LogP contribution in [-0.2, 0) is 10.1 Å². The number of nitrogens with two attached hydrogens (primary N) is 1. The van der Waals surface area contributed by atoms with Gasteiger partial charge in [-0.2, -0.15) is 5.10 Å². The van der Waals surface area contributed by atoms with E-state index >= 15 is 0 Å². The first kappa shape index (κ1) is 37.5. The van der Waals surface area contributed by atoms with Crippen molar-refractivity contribution in [2.75, 3.05) is 31.9 Å². The number of hydrogen-bond acceptors (Lipinski definition) is 9. The highest BCUT2D eigenvalue weighted by atomic mass is 32.2. The zero-order valence-electron chi connectivity index (χ0n) is 27.3. The highest BCUT2D eigenvalue weighted by Crippen LogP contribution is 2.34. The van der Waals surface area contributed by atoms with Gasteiger partial charge < -0.3 is 14.8 Å². The number of nitro benzene ring substituents is 1. The summed E-state index contributed by atoms with van der Waals surface area (Å²) in [5.74, 6) is 0.175. The number of nitrogens with zero attached hydrogens (tertiary/aromatic N) is 6. The van der Waals surface area contributed by atoms with Gasteiger partial charge in [0.05, 0.1) is 47.4 Å². The molecule has 0 saturated heterocycles. The Hall–Kier alpha value is -3.68. The molecule has 2 N–H and O–H groups in total. The lowest BCUT2D eigenvalue weighted by Gasteiger charge is -2.39. The van der Waals surface area contributed by atoms with Crippen molar-refractivity contribution in [1.82, 2.24) is 9.78 Å². The Kier molecular flexibility index (Phi) is 15.3. The molecule has 3 rings (SSSR count). The summed E-state index contributed by atoms with van der Waals surface area (Å²) in [6.45, 7) is 16.7. The fourth-order valence-corrected chi connectivity index (χ4v) is 5.56. The zero-order valence-corrected chi connectivity index (χ0v) is 28.1. The molecule has 0 aliphatic rings. The molecular weight excluding hydrogens is 594 g/mol. The van der Waals surface area contributed by atoms with Gasteiger partial charge in [0.1, 0.15) is 10.1 Å². The van der Waals surface area contributed by atoms with E-state index in [4.69, 9.17) is 5.73 Å². The lowest BCUT2D eigenvalue weighted by molar-refractivity contribution is -0.929. The molecule has 0 atom stereocenters. The van der Waals surface area contributed by atoms with Crippen molar-refractivity contribution in [2.45, 2.75) is 90.9 Å². The minimum absolute atomic E-state index is 0.175. The number of nitro groups is 1. The van der Waals surface area contributed by atoms with E-state index in [9.17, 15) is 23.1 Å². The third-order valence-electron chi connectivity index (χ3n) is 7.70. The van der Waals surface area contributed by atoms with Crippen molar-refractivity contribution in [1.29, 1.82) is 0 Å². The topological polar surface area (TPSA) is 169 Å². The third-order valence-corrected chi connectivity index (χ3v) is 8.53. The number of aryl methyl sites for hydroxylation is 1. The van der Waals surface area contributed by atoms with E-state index in [-0.39, 0.29) is 17.2 Å². The second kappa shape index (κ2) is 18.3. The van der Waals surface area contributed by atoms with Crippen molar-refractivity contribution < 1.29 is 22.4 Å². The van der Waals surface area contributed by atoms with Gasteiger partial charge in [0.25, 0.3) is 5.69 Å². The zero-order chi connectivity index (χ0) is 33.5. The number of anilines is 1. The summed E-state index contributed by atoms with van der Waals surface area (Å²) in [5, 5.41) is 23.2. The molecule has 12 nitrogen and oxygen atoms in total. The number of benzene rings is 2. The minimum Gasteiger partial charge on any atom is -0.744 e. The highest BCUT2D eigenvalue weighted by Gasteiger charge is 2.25. The van der Waals surface area contributed by atoms with E-state index in [0.717, 1.165) is 12.1 Å². The molecular formula is C32H49N7O5S. The molecule has 0 fully saturated rings. The Morgan fingerprint density at radius 3 is 1.82 bits per heavy atom. The largest absolute Gasteiger partial charge is 0.744 e. The van der Waals surface area contributed by atoms with Crippen LogP contribution in [0.3, 0.4) is 0 Å². The predicted molar refractivity (Wildman–Crippen MR) is 177 cm³/mol. The first-order valence-corrected chi connectivity index (χ1v) is 17.2. The number of nitrogen functional groups attached to an aromatic ring is 1. The normalized spacial score (nSPS) is 11.9. The molecule has 2 aromatic carbocycles. The monoisotopic (exact) mass is 643 g/mol. The van der Waals surface area contributed by atoms with Crippen LogP contribution in [0.2, 0.25) is 0 Å². The van der Waals surface area contributed by atoms with Crippen LogP contribution in [-0.4, -0.2) is 58.3 Å². The van der Waals surface area contributed by atoms with Crippen LogP contribution < -0.4 is 5.73 Å². The maximum Gasteiger partial charge on any atom is 0.297 e. The summed E-state index contributed by atoms with van der Waals surface area (Å²) in [5.41, 5.74) is 6.50. The van der Waals surface area contributed by atoms with Gasteiger partial charge in [0.2, 0.25) is 0 Å². The molecule has 0 saturated carbocycles. The molecule has 0 amide bonds. The van der Waals surface area contributed by atoms with Gasteiger partial charge >= 0.3 is 0 Å². The SMILES string of the molecule is CCCC[N+](CCCC)(CCCC)CCCC.Cc1nn(-c2ccccc2)c(N)c1N=Nc1ccc(S(=O)(=O)[O-])cc1[N+](=O)[O-]. The summed E-state index contributed by atoms with van der Waals surface area (Å²) in [6, 6.07) is 11.6. The maximum atomic E-state index is 11.2. The van der Waals surface area contributed by atoms with Crippen LogP contribution in [0.25, 0.3) is 5.69 Å². The lowest BCUT2D eigenvalue weighted by Crippen LogP contribution is -2.50. The van der Waals surface area contributed by atoms with E-state index in [2.05, 4.69) is 43.0 Å². The van der Waals surface area contributed by atoms with Crippen molar-refractivity contribution in [2.24, 2.45) is 10.2 Å². The highest BCUT2D eigenvalue weighted by molar-refractivity contribution is 7.85. The smallest absolute Gasteiger partial charge is 0.297 e. The van der Waals surface area contributed by atoms with E-state index in [0.29, 0.717) is 17.4 Å². The molecule has 0 unspecified atom stereocenters. The van der Waals surface area contributed by atoms with Crippen molar-refractivity contribution in [3.8, 4) is 5.69 Å². The van der Waals surface area contributed by atoms with Crippen LogP contribution in [0.5, 0.6) is 0 Å². The van der Waals surface area contributed by atoms with Crippen LogP contribution in [0.15, 0.2) is 63.7 Å². The number of quaternary nitrogens is 1. The van der Waals surface area contributed by atoms with Crippen molar-refractivity contribution in [3.63, 3.8) is 0 Å². The first-order valence-electron chi connectivity index (χ1n) is 15.8. The Morgan fingerprint density at radius 2 is 1.38 bits per heavy atom. The third kappa shape index (κ3) is 11.3. The van der Waals surface area contributed by atoms with Gasteiger partial charge in [0.15, 0.2) is 17.2 Å². The number of aromatic nitrogens is 2. The standard InChI is InChI=1S/C16H14N6O5S.C16H36N/c1-10-15(16(17)21(20-10)11-5-3-2-4-6-11)19-18-13-8-7-12(28(25,26)27)9-14(13)22(23)24;1-5-9-13-17(14-10-6-2,15-11-7-3)16-12-8-4/h2-9H,17H2,1H3,(H,25,26,27);5-16H2,1-4H3/q;+1/p-1. The fourth-order valence-electron chi connectivity index (χ4n) is 5.06. The van der Waals surface area contributed by atoms with E-state index in [1.165, 1.54) is 86.7 Å². The van der Waals surface area contributed by atoms with Gasteiger partial charge in [-0.3, -0.25) is 10.1 Å². The first-order chi connectivity index (χ1) is 21.4. The number of unbranched alkanes of at least 4 members (excludes halogenated alkanes) is 4. The molecule has 248 valence electrons. The Morgan fingerprint density at radius 1 is 0.867 bits per heavy atom. The molecule has 13 heteroatoms. The second-order valence-electron chi connectivity index (χ2n) is 11.3. The summed E-state index contributed by atoms with van der Waals surface area (Å²) < 4.78 is 36.1. The lowest BCUT2D eigenvalue weighted by atomic mass is 10.1. The van der Waals surface area contributed by atoms with Crippen LogP contribution >= 0.6 is 0 Å². The molecule has 1 heterocycles. The number of para-hydroxylation sites is 1. The molecule has 3 aromatic rings. The van der Waals surface area contributed by atoms with Crippen molar-refractivity contribution >= 4 is 33.0 Å². The summed E-state index contributed by atoms with van der Waals surface area (Å²) in [6.07, 6.45) is 11.1. The van der Waals surface area contributed by atoms with Crippen LogP contribution in [0.4, 0.5) is 22.9 Å². The average molecular weight is 644 g/mol. The average Bonchev–Trinajstić information content (AvgIpc) is 3.31. The molecule has 0 radical (unpaired) electrons. The fraction of sp³-hybridized carbons (Fsp3) is 0.531. The van der Waals surface area contributed by atoms with Gasteiger partial charge in [-0.1, -0.05) is 71.6 Å². The quantitative estimate of drug-likeness (QED) is 0.0511. The molecule has 0 aliphatic heterocycles. The van der Waals surface area contributed by atoms with E-state index in [1.54, 1.807) is 19.1 Å². The molecule has 0 spiro atoms. The summed E-state index contributed by atoms with van der Waals surface area (Å²) >= 11 is 0. The molecule has 1 aromatic heterocycles. The molecule has 45 heavy (non-hydrogen) atoms. The second-order valence-corrected chi connectivity index (χ2v) is 12.7. The van der Waals surface area contributed by atoms with Gasteiger partial charge in [-0.05, 0) is 56.9 Å². The Bertz CT molecular complexity index is 1450. The summed E-state index contributed by atoms with van der Waals surface area (Å²) in [7, 11) is -4.84. The van der Waals surface area contributed by atoms with Gasteiger partial charge in [-0.15, -0.1) is 10.2 Å². The van der Waals surface area contributed by atoms with Gasteiger partial charge in [0, 0.05) is 6.07 Å². The molecule has 0 bridgehead atoms. The maximum absolute atomic E-state index is 11.2. The van der Waals surface area contributed by atoms with E-state index < -0.39 is 25.6 Å². The van der Waals surface area contributed by atoms with Crippen LogP contribution in [0, 0.1) is 17.0 Å². The van der Waals surface area contributed by atoms with Crippen molar-refractivity contribution in [3.05, 3.63) is 64.3 Å². The number of azo groups is 1. The van der Waals surface area contributed by atoms with E-state index in [1.807, 2.05) is 18.2 Å². The Labute approximate surface area is 267 Å². The number of hydrogen-bond donors (Lipinski definition) is 1.